The van der Waals surface area contributed by atoms with Crippen LogP contribution in [0.1, 0.15) is 0 Å². The summed E-state index contributed by atoms with van der Waals surface area (Å²) in [6, 6.07) is 66.8. The van der Waals surface area contributed by atoms with Crippen molar-refractivity contribution < 1.29 is 4.42 Å². The highest BCUT2D eigenvalue weighted by molar-refractivity contribution is 6.16. The molecular weight excluding hydrogens is 583 g/mol. The van der Waals surface area contributed by atoms with Crippen LogP contribution in [0, 0.1) is 0 Å². The molecule has 0 N–H and O–H groups in total. The molecule has 0 aliphatic carbocycles. The lowest BCUT2D eigenvalue weighted by molar-refractivity contribution is 0.670. The second-order valence-electron chi connectivity index (χ2n) is 12.2. The van der Waals surface area contributed by atoms with Crippen LogP contribution >= 0.6 is 0 Å². The van der Waals surface area contributed by atoms with E-state index in [2.05, 4.69) is 193 Å². The standard InChI is InChI=1S/C46H31NO/c1-4-12-32(13-5-1)34-20-24-39(25-21-34)47(40-26-22-35(23-27-40)33-14-6-2-7-15-33)45-41(36-16-8-3-9-17-36)28-29-42-43-30-37-18-10-11-19-38(37)31-44(43)48-46(42)45/h1-31H. The van der Waals surface area contributed by atoms with Gasteiger partial charge in [-0.3, -0.25) is 0 Å². The first kappa shape index (κ1) is 27.9. The molecule has 48 heavy (non-hydrogen) atoms. The van der Waals surface area contributed by atoms with Gasteiger partial charge in [-0.2, -0.15) is 0 Å². The smallest absolute Gasteiger partial charge is 0.160 e. The highest BCUT2D eigenvalue weighted by atomic mass is 16.3. The first-order chi connectivity index (χ1) is 23.8. The van der Waals surface area contributed by atoms with E-state index in [-0.39, 0.29) is 0 Å². The third-order valence-electron chi connectivity index (χ3n) is 9.26. The maximum atomic E-state index is 6.92. The number of benzene rings is 8. The van der Waals surface area contributed by atoms with Crippen LogP contribution in [0.15, 0.2) is 192 Å². The Hall–Kier alpha value is -6.38. The van der Waals surface area contributed by atoms with Crippen LogP contribution in [-0.2, 0) is 0 Å². The third kappa shape index (κ3) is 4.92. The zero-order valence-corrected chi connectivity index (χ0v) is 26.3. The molecule has 2 heteroatoms. The van der Waals surface area contributed by atoms with E-state index in [1.165, 1.54) is 33.0 Å². The van der Waals surface area contributed by atoms with Crippen LogP contribution in [0.25, 0.3) is 66.1 Å². The van der Waals surface area contributed by atoms with Crippen molar-refractivity contribution in [2.75, 3.05) is 4.90 Å². The number of furan rings is 1. The van der Waals surface area contributed by atoms with E-state index in [4.69, 9.17) is 4.42 Å². The van der Waals surface area contributed by atoms with Gasteiger partial charge in [0.05, 0.1) is 5.69 Å². The summed E-state index contributed by atoms with van der Waals surface area (Å²) in [7, 11) is 0. The van der Waals surface area contributed by atoms with Crippen LogP contribution < -0.4 is 4.90 Å². The largest absolute Gasteiger partial charge is 0.454 e. The van der Waals surface area contributed by atoms with E-state index in [1.807, 2.05) is 0 Å². The fraction of sp³-hybridized carbons (Fsp3) is 0. The van der Waals surface area contributed by atoms with Crippen molar-refractivity contribution in [1.82, 2.24) is 0 Å². The van der Waals surface area contributed by atoms with Crippen LogP contribution in [0.2, 0.25) is 0 Å². The summed E-state index contributed by atoms with van der Waals surface area (Å²) in [6.07, 6.45) is 0. The second kappa shape index (κ2) is 11.8. The fourth-order valence-corrected chi connectivity index (χ4v) is 6.86. The zero-order chi connectivity index (χ0) is 31.9. The van der Waals surface area contributed by atoms with Crippen molar-refractivity contribution in [2.45, 2.75) is 0 Å². The highest BCUT2D eigenvalue weighted by Crippen LogP contribution is 2.48. The van der Waals surface area contributed by atoms with E-state index in [0.29, 0.717) is 0 Å². The summed E-state index contributed by atoms with van der Waals surface area (Å²) in [6.45, 7) is 0. The fourth-order valence-electron chi connectivity index (χ4n) is 6.86. The average Bonchev–Trinajstić information content (AvgIpc) is 3.53. The van der Waals surface area contributed by atoms with E-state index >= 15 is 0 Å². The van der Waals surface area contributed by atoms with Crippen molar-refractivity contribution in [2.24, 2.45) is 0 Å². The van der Waals surface area contributed by atoms with Gasteiger partial charge in [0.15, 0.2) is 5.58 Å². The SMILES string of the molecule is c1ccc(-c2ccc(N(c3ccc(-c4ccccc4)cc3)c3c(-c4ccccc4)ccc4c3oc3cc5ccccc5cc34)cc2)cc1. The van der Waals surface area contributed by atoms with E-state index in [1.54, 1.807) is 0 Å². The number of hydrogen-bond acceptors (Lipinski definition) is 2. The molecule has 0 unspecified atom stereocenters. The Morgan fingerprint density at radius 1 is 0.354 bits per heavy atom. The van der Waals surface area contributed by atoms with Gasteiger partial charge < -0.3 is 9.32 Å². The van der Waals surface area contributed by atoms with Gasteiger partial charge in [0, 0.05) is 27.7 Å². The van der Waals surface area contributed by atoms with Gasteiger partial charge in [0.2, 0.25) is 0 Å². The Balaban J connectivity index is 1.31. The van der Waals surface area contributed by atoms with E-state index in [0.717, 1.165) is 50.1 Å². The molecule has 1 heterocycles. The summed E-state index contributed by atoms with van der Waals surface area (Å²) >= 11 is 0. The topological polar surface area (TPSA) is 16.4 Å². The van der Waals surface area contributed by atoms with Crippen LogP contribution in [0.5, 0.6) is 0 Å². The first-order valence-electron chi connectivity index (χ1n) is 16.3. The van der Waals surface area contributed by atoms with Gasteiger partial charge in [-0.05, 0) is 81.1 Å². The Bertz CT molecular complexity index is 2430. The molecule has 9 rings (SSSR count). The van der Waals surface area contributed by atoms with Gasteiger partial charge in [0.1, 0.15) is 5.58 Å². The van der Waals surface area contributed by atoms with E-state index < -0.39 is 0 Å². The third-order valence-corrected chi connectivity index (χ3v) is 9.26. The summed E-state index contributed by atoms with van der Waals surface area (Å²) in [5.74, 6) is 0. The van der Waals surface area contributed by atoms with Crippen molar-refractivity contribution in [3.63, 3.8) is 0 Å². The number of fused-ring (bicyclic) bond motifs is 4. The summed E-state index contributed by atoms with van der Waals surface area (Å²) in [5.41, 5.74) is 11.8. The summed E-state index contributed by atoms with van der Waals surface area (Å²) in [5, 5.41) is 4.57. The number of nitrogens with zero attached hydrogens (tertiary/aromatic N) is 1. The molecule has 0 saturated carbocycles. The minimum atomic E-state index is 0.862. The first-order valence-corrected chi connectivity index (χ1v) is 16.3. The molecule has 0 aliphatic heterocycles. The molecule has 0 atom stereocenters. The molecule has 0 aliphatic rings. The second-order valence-corrected chi connectivity index (χ2v) is 12.2. The monoisotopic (exact) mass is 613 g/mol. The maximum absolute atomic E-state index is 6.92. The van der Waals surface area contributed by atoms with Crippen molar-refractivity contribution >= 4 is 49.8 Å². The molecule has 0 fully saturated rings. The molecule has 9 aromatic rings. The lowest BCUT2D eigenvalue weighted by Gasteiger charge is -2.28. The highest BCUT2D eigenvalue weighted by Gasteiger charge is 2.24. The van der Waals surface area contributed by atoms with Crippen LogP contribution in [0.3, 0.4) is 0 Å². The van der Waals surface area contributed by atoms with Gasteiger partial charge in [-0.25, -0.2) is 0 Å². The molecule has 226 valence electrons. The van der Waals surface area contributed by atoms with E-state index in [9.17, 15) is 0 Å². The molecule has 2 nitrogen and oxygen atoms in total. The van der Waals surface area contributed by atoms with Crippen molar-refractivity contribution in [1.29, 1.82) is 0 Å². The van der Waals surface area contributed by atoms with Crippen LogP contribution in [-0.4, -0.2) is 0 Å². The molecule has 0 saturated heterocycles. The molecule has 0 radical (unpaired) electrons. The lowest BCUT2D eigenvalue weighted by atomic mass is 9.98. The predicted molar refractivity (Wildman–Crippen MR) is 202 cm³/mol. The molecule has 0 spiro atoms. The average molecular weight is 614 g/mol. The number of rotatable bonds is 6. The maximum Gasteiger partial charge on any atom is 0.160 e. The molecule has 0 bridgehead atoms. The minimum absolute atomic E-state index is 0.862. The molecular formula is C46H31NO. The Kier molecular flexibility index (Phi) is 6.84. The van der Waals surface area contributed by atoms with Crippen molar-refractivity contribution in [3.8, 4) is 33.4 Å². The Morgan fingerprint density at radius 3 is 1.35 bits per heavy atom. The number of anilines is 3. The summed E-state index contributed by atoms with van der Waals surface area (Å²) in [4.78, 5) is 2.36. The van der Waals surface area contributed by atoms with Gasteiger partial charge >= 0.3 is 0 Å². The van der Waals surface area contributed by atoms with Gasteiger partial charge in [-0.15, -0.1) is 0 Å². The molecule has 8 aromatic carbocycles. The summed E-state index contributed by atoms with van der Waals surface area (Å²) < 4.78 is 6.92. The molecule has 0 amide bonds. The van der Waals surface area contributed by atoms with Crippen molar-refractivity contribution in [3.05, 3.63) is 188 Å². The van der Waals surface area contributed by atoms with Gasteiger partial charge in [0.25, 0.3) is 0 Å². The normalized spacial score (nSPS) is 11.3. The quantitative estimate of drug-likeness (QED) is 0.185. The predicted octanol–water partition coefficient (Wildman–Crippen LogP) is 13.2. The lowest BCUT2D eigenvalue weighted by Crippen LogP contribution is -2.11. The zero-order valence-electron chi connectivity index (χ0n) is 26.3. The Labute approximate surface area is 279 Å². The Morgan fingerprint density at radius 2 is 0.812 bits per heavy atom. The number of hydrogen-bond donors (Lipinski definition) is 0. The van der Waals surface area contributed by atoms with Crippen LogP contribution in [0.4, 0.5) is 17.1 Å². The minimum Gasteiger partial charge on any atom is -0.454 e. The van der Waals surface area contributed by atoms with Gasteiger partial charge in [-0.1, -0.05) is 146 Å². The molecule has 1 aromatic heterocycles.